The molecular weight excluding hydrogens is 231 g/mol. The second kappa shape index (κ2) is 5.13. The van der Waals surface area contributed by atoms with Gasteiger partial charge in [-0.05, 0) is 30.5 Å². The summed E-state index contributed by atoms with van der Waals surface area (Å²) in [5, 5.41) is 0.158. The highest BCUT2D eigenvalue weighted by Crippen LogP contribution is 2.24. The molecule has 4 heteroatoms. The number of rotatable bonds is 3. The van der Waals surface area contributed by atoms with Crippen LogP contribution >= 0.6 is 11.6 Å². The van der Waals surface area contributed by atoms with E-state index in [1.165, 1.54) is 6.07 Å². The molecule has 2 unspecified atom stereocenters. The topological polar surface area (TPSA) is 18.5 Å². The van der Waals surface area contributed by atoms with E-state index < -0.39 is 0 Å². The predicted molar refractivity (Wildman–Crippen MR) is 60.0 cm³/mol. The summed E-state index contributed by atoms with van der Waals surface area (Å²) in [6.45, 7) is 0. The van der Waals surface area contributed by atoms with Gasteiger partial charge in [-0.2, -0.15) is 0 Å². The van der Waals surface area contributed by atoms with Crippen molar-refractivity contribution < 1.29 is 13.9 Å². The average molecular weight is 245 g/mol. The second-order valence-corrected chi connectivity index (χ2v) is 4.36. The number of hydrogen-bond donors (Lipinski definition) is 0. The molecule has 16 heavy (non-hydrogen) atoms. The molecule has 0 bridgehead atoms. The lowest BCUT2D eigenvalue weighted by Gasteiger charge is -2.12. The van der Waals surface area contributed by atoms with Crippen molar-refractivity contribution in [3.63, 3.8) is 0 Å². The number of halogens is 2. The minimum Gasteiger partial charge on any atom is -0.356 e. The van der Waals surface area contributed by atoms with Crippen molar-refractivity contribution in [1.82, 2.24) is 0 Å². The van der Waals surface area contributed by atoms with Crippen LogP contribution in [-0.4, -0.2) is 19.5 Å². The molecule has 2 rings (SSSR count). The Morgan fingerprint density at radius 3 is 2.94 bits per heavy atom. The van der Waals surface area contributed by atoms with Crippen LogP contribution < -0.4 is 0 Å². The zero-order chi connectivity index (χ0) is 11.5. The Morgan fingerprint density at radius 1 is 1.50 bits per heavy atom. The highest BCUT2D eigenvalue weighted by atomic mass is 35.5. The van der Waals surface area contributed by atoms with E-state index in [-0.39, 0.29) is 23.2 Å². The van der Waals surface area contributed by atoms with Crippen LogP contribution in [0.5, 0.6) is 0 Å². The lowest BCUT2D eigenvalue weighted by Crippen LogP contribution is -2.14. The molecule has 0 amide bonds. The molecule has 1 heterocycles. The van der Waals surface area contributed by atoms with E-state index in [0.717, 1.165) is 18.4 Å². The molecule has 1 aromatic rings. The molecule has 2 atom stereocenters. The van der Waals surface area contributed by atoms with Crippen LogP contribution in [0.25, 0.3) is 0 Å². The fraction of sp³-hybridized carbons (Fsp3) is 0.500. The van der Waals surface area contributed by atoms with Crippen LogP contribution in [0.15, 0.2) is 18.2 Å². The van der Waals surface area contributed by atoms with Crippen LogP contribution in [0.4, 0.5) is 4.39 Å². The van der Waals surface area contributed by atoms with E-state index in [9.17, 15) is 4.39 Å². The molecule has 0 spiro atoms. The monoisotopic (exact) mass is 244 g/mol. The van der Waals surface area contributed by atoms with E-state index in [4.69, 9.17) is 21.1 Å². The lowest BCUT2D eigenvalue weighted by molar-refractivity contribution is -0.114. The molecule has 2 nitrogen and oxygen atoms in total. The summed E-state index contributed by atoms with van der Waals surface area (Å²) in [4.78, 5) is 0. The lowest BCUT2D eigenvalue weighted by atomic mass is 10.1. The molecule has 0 radical (unpaired) electrons. The van der Waals surface area contributed by atoms with Gasteiger partial charge in [-0.1, -0.05) is 17.7 Å². The summed E-state index contributed by atoms with van der Waals surface area (Å²) in [7, 11) is 1.63. The van der Waals surface area contributed by atoms with Crippen molar-refractivity contribution >= 4 is 11.6 Å². The third kappa shape index (κ3) is 2.73. The summed E-state index contributed by atoms with van der Waals surface area (Å²) < 4.78 is 23.9. The Balaban J connectivity index is 1.97. The van der Waals surface area contributed by atoms with E-state index >= 15 is 0 Å². The first kappa shape index (κ1) is 11.8. The van der Waals surface area contributed by atoms with E-state index in [0.29, 0.717) is 6.42 Å². The number of hydrogen-bond acceptors (Lipinski definition) is 2. The van der Waals surface area contributed by atoms with Gasteiger partial charge in [0.15, 0.2) is 6.29 Å². The molecule has 1 aliphatic heterocycles. The van der Waals surface area contributed by atoms with Crippen LogP contribution in [-0.2, 0) is 15.9 Å². The molecule has 0 N–H and O–H groups in total. The standard InChI is InChI=1S/C12H14ClFO2/c1-15-12-5-3-9(16-12)6-8-2-4-10(13)11(14)7-8/h2,4,7,9,12H,3,5-6H2,1H3. The number of ether oxygens (including phenoxy) is 2. The largest absolute Gasteiger partial charge is 0.356 e. The van der Waals surface area contributed by atoms with E-state index in [1.807, 2.05) is 6.07 Å². The Labute approximate surface area is 99.3 Å². The molecule has 1 fully saturated rings. The number of benzene rings is 1. The molecule has 0 aliphatic carbocycles. The summed E-state index contributed by atoms with van der Waals surface area (Å²) in [5.41, 5.74) is 0.906. The first-order chi connectivity index (χ1) is 7.69. The van der Waals surface area contributed by atoms with Crippen LogP contribution in [0.2, 0.25) is 5.02 Å². The van der Waals surface area contributed by atoms with Gasteiger partial charge in [0.2, 0.25) is 0 Å². The van der Waals surface area contributed by atoms with Crippen molar-refractivity contribution in [3.8, 4) is 0 Å². The highest BCUT2D eigenvalue weighted by molar-refractivity contribution is 6.30. The van der Waals surface area contributed by atoms with Crippen LogP contribution in [0, 0.1) is 5.82 Å². The SMILES string of the molecule is COC1CCC(Cc2ccc(Cl)c(F)c2)O1. The Bertz CT molecular complexity index is 370. The smallest absolute Gasteiger partial charge is 0.157 e. The zero-order valence-corrected chi connectivity index (χ0v) is 9.84. The highest BCUT2D eigenvalue weighted by Gasteiger charge is 2.25. The Hall–Kier alpha value is -0.640. The molecular formula is C12H14ClFO2. The maximum absolute atomic E-state index is 13.2. The fourth-order valence-corrected chi connectivity index (χ4v) is 2.04. The van der Waals surface area contributed by atoms with Crippen molar-refractivity contribution in [1.29, 1.82) is 0 Å². The average Bonchev–Trinajstić information content (AvgIpc) is 2.71. The summed E-state index contributed by atoms with van der Waals surface area (Å²) in [6.07, 6.45) is 2.56. The summed E-state index contributed by atoms with van der Waals surface area (Å²) >= 11 is 5.62. The maximum Gasteiger partial charge on any atom is 0.157 e. The second-order valence-electron chi connectivity index (χ2n) is 3.95. The predicted octanol–water partition coefficient (Wildman–Crippen LogP) is 3.17. The van der Waals surface area contributed by atoms with Crippen molar-refractivity contribution in [2.45, 2.75) is 31.7 Å². The minimum absolute atomic E-state index is 0.109. The fourth-order valence-electron chi connectivity index (χ4n) is 1.93. The van der Waals surface area contributed by atoms with E-state index in [1.54, 1.807) is 13.2 Å². The van der Waals surface area contributed by atoms with Crippen LogP contribution in [0.1, 0.15) is 18.4 Å². The van der Waals surface area contributed by atoms with Gasteiger partial charge in [-0.25, -0.2) is 4.39 Å². The molecule has 88 valence electrons. The van der Waals surface area contributed by atoms with Crippen LogP contribution in [0.3, 0.4) is 0 Å². The quantitative estimate of drug-likeness (QED) is 0.813. The van der Waals surface area contributed by atoms with Crippen molar-refractivity contribution in [2.75, 3.05) is 7.11 Å². The van der Waals surface area contributed by atoms with Gasteiger partial charge in [0.1, 0.15) is 5.82 Å². The van der Waals surface area contributed by atoms with Gasteiger partial charge >= 0.3 is 0 Å². The minimum atomic E-state index is -0.375. The van der Waals surface area contributed by atoms with Gasteiger partial charge in [0.05, 0.1) is 11.1 Å². The first-order valence-electron chi connectivity index (χ1n) is 5.31. The molecule has 0 aromatic heterocycles. The van der Waals surface area contributed by atoms with Gasteiger partial charge < -0.3 is 9.47 Å². The van der Waals surface area contributed by atoms with Crippen molar-refractivity contribution in [3.05, 3.63) is 34.6 Å². The normalized spacial score (nSPS) is 24.9. The third-order valence-electron chi connectivity index (χ3n) is 2.78. The molecule has 1 saturated heterocycles. The Kier molecular flexibility index (Phi) is 3.79. The Morgan fingerprint density at radius 2 is 2.31 bits per heavy atom. The molecule has 0 saturated carbocycles. The number of methoxy groups -OCH3 is 1. The third-order valence-corrected chi connectivity index (χ3v) is 3.09. The van der Waals surface area contributed by atoms with Gasteiger partial charge in [-0.15, -0.1) is 0 Å². The van der Waals surface area contributed by atoms with E-state index in [2.05, 4.69) is 0 Å². The molecule has 1 aliphatic rings. The molecule has 1 aromatic carbocycles. The van der Waals surface area contributed by atoms with Crippen molar-refractivity contribution in [2.24, 2.45) is 0 Å². The van der Waals surface area contributed by atoms with Gasteiger partial charge in [-0.3, -0.25) is 0 Å². The summed E-state index contributed by atoms with van der Waals surface area (Å²) in [5.74, 6) is -0.375. The van der Waals surface area contributed by atoms with Gasteiger partial charge in [0, 0.05) is 13.5 Å². The first-order valence-corrected chi connectivity index (χ1v) is 5.69. The maximum atomic E-state index is 13.2. The summed E-state index contributed by atoms with van der Waals surface area (Å²) in [6, 6.07) is 4.87. The zero-order valence-electron chi connectivity index (χ0n) is 9.08. The van der Waals surface area contributed by atoms with Gasteiger partial charge in [0.25, 0.3) is 0 Å².